The molecule has 0 unspecified atom stereocenters. The van der Waals surface area contributed by atoms with Crippen LogP contribution in [0.3, 0.4) is 0 Å². The molecule has 0 aliphatic rings. The van der Waals surface area contributed by atoms with Crippen LogP contribution in [0.25, 0.3) is 22.0 Å². The molecule has 3 rings (SSSR count). The molecule has 2 aromatic carbocycles. The van der Waals surface area contributed by atoms with Crippen LogP contribution in [0.4, 0.5) is 0 Å². The van der Waals surface area contributed by atoms with E-state index in [1.807, 2.05) is 48.5 Å². The van der Waals surface area contributed by atoms with Gasteiger partial charge >= 0.3 is 0 Å². The fraction of sp³-hybridized carbons (Fsp3) is 0.0625. The minimum absolute atomic E-state index is 0.0342. The number of benzene rings is 2. The van der Waals surface area contributed by atoms with Crippen LogP contribution >= 0.6 is 0 Å². The second kappa shape index (κ2) is 4.71. The topological polar surface area (TPSA) is 53.1 Å². The van der Waals surface area contributed by atoms with E-state index in [1.54, 1.807) is 6.07 Å². The van der Waals surface area contributed by atoms with Gasteiger partial charge in [0.2, 0.25) is 5.56 Å². The van der Waals surface area contributed by atoms with Gasteiger partial charge in [0.15, 0.2) is 0 Å². The molecule has 0 atom stereocenters. The van der Waals surface area contributed by atoms with E-state index in [1.165, 1.54) is 0 Å². The number of fused-ring (bicyclic) bond motifs is 1. The Bertz CT molecular complexity index is 776. The van der Waals surface area contributed by atoms with Crippen LogP contribution < -0.4 is 5.56 Å². The molecule has 0 radical (unpaired) electrons. The average molecular weight is 251 g/mol. The number of aliphatic hydroxyl groups is 1. The van der Waals surface area contributed by atoms with E-state index >= 15 is 0 Å². The highest BCUT2D eigenvalue weighted by molar-refractivity contribution is 5.94. The average Bonchev–Trinajstić information content (AvgIpc) is 2.46. The smallest absolute Gasteiger partial charge is 0.249 e. The minimum Gasteiger partial charge on any atom is -0.392 e. The van der Waals surface area contributed by atoms with E-state index in [0.29, 0.717) is 0 Å². The third-order valence-corrected chi connectivity index (χ3v) is 3.17. The van der Waals surface area contributed by atoms with Gasteiger partial charge < -0.3 is 10.1 Å². The predicted molar refractivity (Wildman–Crippen MR) is 75.9 cm³/mol. The van der Waals surface area contributed by atoms with Crippen LogP contribution in [0.5, 0.6) is 0 Å². The van der Waals surface area contributed by atoms with Gasteiger partial charge in [-0.2, -0.15) is 0 Å². The van der Waals surface area contributed by atoms with E-state index in [2.05, 4.69) is 4.98 Å². The first kappa shape index (κ1) is 11.7. The molecule has 0 aliphatic heterocycles. The van der Waals surface area contributed by atoms with Crippen molar-refractivity contribution in [1.29, 1.82) is 0 Å². The Balaban J connectivity index is 2.33. The van der Waals surface area contributed by atoms with E-state index in [4.69, 9.17) is 5.11 Å². The lowest BCUT2D eigenvalue weighted by Crippen LogP contribution is -2.05. The van der Waals surface area contributed by atoms with Crippen molar-refractivity contribution in [2.75, 3.05) is 0 Å². The molecule has 0 aliphatic carbocycles. The number of hydrogen-bond donors (Lipinski definition) is 2. The summed E-state index contributed by atoms with van der Waals surface area (Å²) in [5.74, 6) is 0. The van der Waals surface area contributed by atoms with Crippen molar-refractivity contribution in [3.05, 3.63) is 70.5 Å². The number of aromatic nitrogens is 1. The number of rotatable bonds is 2. The van der Waals surface area contributed by atoms with Gasteiger partial charge in [-0.3, -0.25) is 4.79 Å². The van der Waals surface area contributed by atoms with E-state index in [-0.39, 0.29) is 12.2 Å². The summed E-state index contributed by atoms with van der Waals surface area (Å²) in [5.41, 5.74) is 3.31. The minimum atomic E-state index is -0.138. The Labute approximate surface area is 110 Å². The van der Waals surface area contributed by atoms with Gasteiger partial charge in [-0.05, 0) is 22.8 Å². The Morgan fingerprint density at radius 3 is 2.53 bits per heavy atom. The van der Waals surface area contributed by atoms with Crippen LogP contribution in [0.15, 0.2) is 59.4 Å². The largest absolute Gasteiger partial charge is 0.392 e. The molecule has 0 spiro atoms. The quantitative estimate of drug-likeness (QED) is 0.735. The maximum atomic E-state index is 11.8. The summed E-state index contributed by atoms with van der Waals surface area (Å²) in [6.07, 6.45) is 0. The molecule has 3 nitrogen and oxygen atoms in total. The molecule has 2 N–H and O–H groups in total. The van der Waals surface area contributed by atoms with Gasteiger partial charge in [-0.15, -0.1) is 0 Å². The van der Waals surface area contributed by atoms with Crippen molar-refractivity contribution in [2.45, 2.75) is 6.61 Å². The summed E-state index contributed by atoms with van der Waals surface area (Å²) < 4.78 is 0. The molecule has 0 amide bonds. The van der Waals surface area contributed by atoms with Crippen LogP contribution in [-0.2, 0) is 6.61 Å². The van der Waals surface area contributed by atoms with E-state index < -0.39 is 0 Å². The van der Waals surface area contributed by atoms with Crippen LogP contribution in [0, 0.1) is 0 Å². The van der Waals surface area contributed by atoms with Gasteiger partial charge in [-0.25, -0.2) is 0 Å². The highest BCUT2D eigenvalue weighted by atomic mass is 16.3. The molecule has 94 valence electrons. The first-order valence-corrected chi connectivity index (χ1v) is 6.10. The van der Waals surface area contributed by atoms with Gasteiger partial charge in [0, 0.05) is 17.0 Å². The fourth-order valence-corrected chi connectivity index (χ4v) is 2.26. The number of aromatic amines is 1. The van der Waals surface area contributed by atoms with Crippen molar-refractivity contribution < 1.29 is 5.11 Å². The van der Waals surface area contributed by atoms with Gasteiger partial charge in [-0.1, -0.05) is 42.5 Å². The highest BCUT2D eigenvalue weighted by Crippen LogP contribution is 2.26. The van der Waals surface area contributed by atoms with Crippen LogP contribution in [0.2, 0.25) is 0 Å². The van der Waals surface area contributed by atoms with Gasteiger partial charge in [0.05, 0.1) is 6.61 Å². The maximum Gasteiger partial charge on any atom is 0.249 e. The molecule has 0 saturated heterocycles. The first-order valence-electron chi connectivity index (χ1n) is 6.10. The SMILES string of the molecule is O=c1cc(-c2ccccc2)c2ccc(CO)cc2[nH]1. The number of H-pyrrole nitrogens is 1. The summed E-state index contributed by atoms with van der Waals surface area (Å²) in [5, 5.41) is 10.1. The van der Waals surface area contributed by atoms with Gasteiger partial charge in [0.25, 0.3) is 0 Å². The standard InChI is InChI=1S/C16H13NO2/c18-10-11-6-7-13-14(12-4-2-1-3-5-12)9-16(19)17-15(13)8-11/h1-9,18H,10H2,(H,17,19). The number of pyridine rings is 1. The third kappa shape index (κ3) is 2.16. The molecule has 3 heteroatoms. The van der Waals surface area contributed by atoms with Crippen molar-refractivity contribution in [3.8, 4) is 11.1 Å². The summed E-state index contributed by atoms with van der Waals surface area (Å²) in [7, 11) is 0. The molecule has 19 heavy (non-hydrogen) atoms. The normalized spacial score (nSPS) is 10.8. The lowest BCUT2D eigenvalue weighted by atomic mass is 10.0. The summed E-state index contributed by atoms with van der Waals surface area (Å²) in [6.45, 7) is -0.0342. The second-order valence-corrected chi connectivity index (χ2v) is 4.45. The Hall–Kier alpha value is -2.39. The maximum absolute atomic E-state index is 11.8. The molecule has 1 aromatic heterocycles. The van der Waals surface area contributed by atoms with Gasteiger partial charge in [0.1, 0.15) is 0 Å². The Morgan fingerprint density at radius 2 is 1.79 bits per heavy atom. The number of nitrogens with one attached hydrogen (secondary N) is 1. The van der Waals surface area contributed by atoms with Crippen LogP contribution in [0.1, 0.15) is 5.56 Å². The summed E-state index contributed by atoms with van der Waals surface area (Å²) >= 11 is 0. The number of aliphatic hydroxyl groups excluding tert-OH is 1. The van der Waals surface area contributed by atoms with Crippen molar-refractivity contribution in [3.63, 3.8) is 0 Å². The Kier molecular flexibility index (Phi) is 2.89. The predicted octanol–water partition coefficient (Wildman–Crippen LogP) is 2.69. The van der Waals surface area contributed by atoms with E-state index in [0.717, 1.165) is 27.6 Å². The lowest BCUT2D eigenvalue weighted by Gasteiger charge is -2.07. The molecule has 3 aromatic rings. The van der Waals surface area contributed by atoms with E-state index in [9.17, 15) is 4.79 Å². The first-order chi connectivity index (χ1) is 9.28. The zero-order valence-electron chi connectivity index (χ0n) is 10.3. The summed E-state index contributed by atoms with van der Waals surface area (Å²) in [4.78, 5) is 14.6. The second-order valence-electron chi connectivity index (χ2n) is 4.45. The summed E-state index contributed by atoms with van der Waals surface area (Å²) in [6, 6.07) is 17.0. The third-order valence-electron chi connectivity index (χ3n) is 3.17. The Morgan fingerprint density at radius 1 is 1.00 bits per heavy atom. The molecule has 0 bridgehead atoms. The lowest BCUT2D eigenvalue weighted by molar-refractivity contribution is 0.282. The molecule has 0 saturated carbocycles. The molecule has 0 fully saturated rings. The highest BCUT2D eigenvalue weighted by Gasteiger charge is 2.06. The number of hydrogen-bond acceptors (Lipinski definition) is 2. The zero-order chi connectivity index (χ0) is 13.2. The van der Waals surface area contributed by atoms with Crippen molar-refractivity contribution >= 4 is 10.9 Å². The monoisotopic (exact) mass is 251 g/mol. The molecular formula is C16H13NO2. The van der Waals surface area contributed by atoms with Crippen molar-refractivity contribution in [2.24, 2.45) is 0 Å². The van der Waals surface area contributed by atoms with Crippen LogP contribution in [-0.4, -0.2) is 10.1 Å². The molecule has 1 heterocycles. The zero-order valence-corrected chi connectivity index (χ0v) is 10.3. The van der Waals surface area contributed by atoms with Crippen molar-refractivity contribution in [1.82, 2.24) is 4.98 Å². The molecular weight excluding hydrogens is 238 g/mol. The fourth-order valence-electron chi connectivity index (χ4n) is 2.26.